The summed E-state index contributed by atoms with van der Waals surface area (Å²) in [5, 5.41) is -5.57. The van der Waals surface area contributed by atoms with Gasteiger partial charge >= 0.3 is 26.3 Å². The summed E-state index contributed by atoms with van der Waals surface area (Å²) in [7, 11) is -13.2. The Bertz CT molecular complexity index is 1070. The summed E-state index contributed by atoms with van der Waals surface area (Å²) in [5.41, 5.74) is -1.12. The number of nitrogens with one attached hydrogen (secondary N) is 1. The molecule has 0 aliphatic carbocycles. The van der Waals surface area contributed by atoms with E-state index in [-0.39, 0.29) is 18.4 Å². The van der Waals surface area contributed by atoms with Crippen LogP contribution in [0.2, 0.25) is 0 Å². The molecule has 1 aliphatic heterocycles. The summed E-state index contributed by atoms with van der Waals surface area (Å²) in [6.45, 7) is 0.760. The average molecular weight is 494 g/mol. The highest BCUT2D eigenvalue weighted by Crippen LogP contribution is 2.77. The van der Waals surface area contributed by atoms with Gasteiger partial charge in [-0.15, -0.1) is 0 Å². The lowest BCUT2D eigenvalue weighted by Gasteiger charge is -2.32. The van der Waals surface area contributed by atoms with Crippen LogP contribution < -0.4 is 11.2 Å². The van der Waals surface area contributed by atoms with Crippen molar-refractivity contribution in [1.82, 2.24) is 9.55 Å². The Morgan fingerprint density at radius 1 is 1.30 bits per heavy atom. The average Bonchev–Trinajstić information content (AvgIpc) is 3.03. The van der Waals surface area contributed by atoms with E-state index in [4.69, 9.17) is 27.0 Å². The molecule has 3 radical (unpaired) electrons. The Balaban J connectivity index is 2.02. The highest BCUT2D eigenvalue weighted by Gasteiger charge is 2.65. The van der Waals surface area contributed by atoms with Crippen molar-refractivity contribution in [1.29, 1.82) is 0 Å². The quantitative estimate of drug-likeness (QED) is 0.294. The fourth-order valence-electron chi connectivity index (χ4n) is 2.39. The fraction of sp³-hybridized carbons (Fsp3) is 0.636. The summed E-state index contributed by atoms with van der Waals surface area (Å²) in [4.78, 5) is 51.4. The van der Waals surface area contributed by atoms with E-state index in [2.05, 4.69) is 13.8 Å². The Hall–Kier alpha value is -0.945. The van der Waals surface area contributed by atoms with Gasteiger partial charge in [-0.05, 0) is 19.8 Å². The van der Waals surface area contributed by atoms with E-state index in [0.717, 1.165) is 4.57 Å². The molecule has 2 heterocycles. The monoisotopic (exact) mass is 494 g/mol. The zero-order valence-corrected chi connectivity index (χ0v) is 17.8. The van der Waals surface area contributed by atoms with E-state index in [1.165, 1.54) is 13.1 Å². The number of ether oxygens (including phenoxy) is 1. The van der Waals surface area contributed by atoms with Crippen molar-refractivity contribution in [3.8, 4) is 0 Å². The van der Waals surface area contributed by atoms with E-state index in [1.807, 2.05) is 0 Å². The van der Waals surface area contributed by atoms with Gasteiger partial charge in [-0.1, -0.05) is 0 Å². The van der Waals surface area contributed by atoms with Crippen molar-refractivity contribution in [3.05, 3.63) is 32.6 Å². The first kappa shape index (κ1) is 25.3. The lowest BCUT2D eigenvalue weighted by Crippen LogP contribution is -2.33. The van der Waals surface area contributed by atoms with Crippen LogP contribution in [0.25, 0.3) is 0 Å². The second-order valence-electron chi connectivity index (χ2n) is 6.26. The fourth-order valence-corrected chi connectivity index (χ4v) is 6.23. The molecule has 4 atom stereocenters. The number of aryl methyl sites for hydroxylation is 1. The third-order valence-corrected chi connectivity index (χ3v) is 9.12. The number of aromatic amines is 1. The molecule has 1 saturated heterocycles. The number of hydrogen-bond donors (Lipinski definition) is 4. The molecule has 0 saturated carbocycles. The zero-order valence-electron chi connectivity index (χ0n) is 15.1. The number of H-pyrrole nitrogens is 1. The number of rotatable bonds is 8. The summed E-state index contributed by atoms with van der Waals surface area (Å²) < 4.78 is 75.6. The third kappa shape index (κ3) is 5.45. The summed E-state index contributed by atoms with van der Waals surface area (Å²) >= 11 is 0. The molecule has 0 aromatic carbocycles. The van der Waals surface area contributed by atoms with Gasteiger partial charge in [0.1, 0.15) is 6.23 Å². The molecule has 2 rings (SSSR count). The van der Waals surface area contributed by atoms with Crippen LogP contribution in [-0.4, -0.2) is 49.9 Å². The Morgan fingerprint density at radius 2 is 1.90 bits per heavy atom. The summed E-state index contributed by atoms with van der Waals surface area (Å²) in [5.74, 6) is 0. The normalized spacial score (nSPS) is 24.4. The topological polar surface area (TPSA) is 194 Å². The minimum atomic E-state index is -6.51. The van der Waals surface area contributed by atoms with Crippen molar-refractivity contribution in [3.63, 3.8) is 0 Å². The Kier molecular flexibility index (Phi) is 7.20. The number of halogens is 2. The SMILES string of the molecule is [B-]P(=O)(OCC1CCC(n2cc(C)c(=O)[nH]c2=O)O1)OP(=O)(O)C(F)(F)P(=O)(O)O. The van der Waals surface area contributed by atoms with Gasteiger partial charge in [-0.3, -0.25) is 27.8 Å². The van der Waals surface area contributed by atoms with Gasteiger partial charge in [-0.25, -0.2) is 4.79 Å². The molecule has 19 heteroatoms. The Labute approximate surface area is 168 Å². The first-order valence-corrected chi connectivity index (χ1v) is 12.8. The first-order chi connectivity index (χ1) is 13.5. The molecule has 1 aromatic heterocycles. The minimum absolute atomic E-state index is 0.185. The highest BCUT2D eigenvalue weighted by molar-refractivity contribution is 7.86. The molecule has 0 amide bonds. The summed E-state index contributed by atoms with van der Waals surface area (Å²) in [6.07, 6.45) is -0.107. The van der Waals surface area contributed by atoms with Gasteiger partial charge in [0, 0.05) is 11.8 Å². The lowest BCUT2D eigenvalue weighted by atomic mass is 10.2. The number of alkyl halides is 2. The van der Waals surface area contributed by atoms with Crippen LogP contribution in [0, 0.1) is 6.92 Å². The van der Waals surface area contributed by atoms with Crippen molar-refractivity contribution >= 4 is 30.2 Å². The maximum absolute atomic E-state index is 13.4. The van der Waals surface area contributed by atoms with Crippen LogP contribution in [-0.2, 0) is 27.3 Å². The highest BCUT2D eigenvalue weighted by atomic mass is 31.3. The van der Waals surface area contributed by atoms with Gasteiger partial charge in [0.05, 0.1) is 20.2 Å². The third-order valence-electron chi connectivity index (χ3n) is 3.90. The van der Waals surface area contributed by atoms with Crippen LogP contribution in [0.5, 0.6) is 0 Å². The van der Waals surface area contributed by atoms with Crippen molar-refractivity contribution in [2.45, 2.75) is 37.5 Å². The van der Waals surface area contributed by atoms with Crippen LogP contribution in [0.3, 0.4) is 0 Å². The van der Waals surface area contributed by atoms with Crippen LogP contribution in [0.4, 0.5) is 8.78 Å². The summed E-state index contributed by atoms with van der Waals surface area (Å²) in [6, 6.07) is 0. The van der Waals surface area contributed by atoms with Crippen molar-refractivity contribution in [2.75, 3.05) is 6.61 Å². The predicted molar refractivity (Wildman–Crippen MR) is 96.4 cm³/mol. The van der Waals surface area contributed by atoms with Gasteiger partial charge in [-0.2, -0.15) is 8.78 Å². The van der Waals surface area contributed by atoms with E-state index < -0.39 is 58.3 Å². The molecule has 30 heavy (non-hydrogen) atoms. The predicted octanol–water partition coefficient (Wildman–Crippen LogP) is 0.746. The maximum atomic E-state index is 13.4. The molecule has 1 aliphatic rings. The molecule has 4 unspecified atom stereocenters. The second-order valence-corrected chi connectivity index (χ2v) is 11.9. The largest absolute Gasteiger partial charge is 0.444 e. The molecule has 0 spiro atoms. The molecular formula is C11H16BF2N2O11P3-. The van der Waals surface area contributed by atoms with Gasteiger partial charge in [0.25, 0.3) is 5.56 Å². The second kappa shape index (κ2) is 8.53. The van der Waals surface area contributed by atoms with Gasteiger partial charge in [0.15, 0.2) is 0 Å². The van der Waals surface area contributed by atoms with Crippen molar-refractivity contribution in [2.24, 2.45) is 0 Å². The molecule has 4 N–H and O–H groups in total. The van der Waals surface area contributed by atoms with Crippen LogP contribution >= 0.6 is 22.7 Å². The number of aromatic nitrogens is 2. The van der Waals surface area contributed by atoms with Crippen LogP contribution in [0.1, 0.15) is 24.6 Å². The molecule has 0 bridgehead atoms. The van der Waals surface area contributed by atoms with Crippen LogP contribution in [0.15, 0.2) is 15.8 Å². The molecular weight excluding hydrogens is 478 g/mol. The molecule has 13 nitrogen and oxygen atoms in total. The Morgan fingerprint density at radius 3 is 2.47 bits per heavy atom. The lowest BCUT2D eigenvalue weighted by molar-refractivity contribution is -0.0209. The molecule has 1 aromatic rings. The van der Waals surface area contributed by atoms with Crippen molar-refractivity contribution < 1.29 is 50.7 Å². The molecule has 1 fully saturated rings. The molecule has 169 valence electrons. The van der Waals surface area contributed by atoms with Gasteiger partial charge in [0.2, 0.25) is 0 Å². The smallest absolute Gasteiger partial charge is 0.443 e. The first-order valence-electron chi connectivity index (χ1n) is 7.95. The maximum Gasteiger partial charge on any atom is 0.444 e. The van der Waals surface area contributed by atoms with E-state index >= 15 is 0 Å². The number of hydrogen-bond acceptors (Lipinski definition) is 8. The zero-order chi connectivity index (χ0) is 23.1. The van der Waals surface area contributed by atoms with E-state index in [9.17, 15) is 32.1 Å². The standard InChI is InChI=1S/C11H16BF2N2O11P3/c1-6-4-16(10(18)15-9(6)17)8-3-2-7(26-8)5-25-30(12,24)27-29(22,23)11(13,14)28(19,20)21/h4,7-8H,2-3,5H2,1H3,(H,22,23)(H,15,17,18)(H2,19,20,21)/q-1. The minimum Gasteiger partial charge on any atom is -0.443 e. The van der Waals surface area contributed by atoms with Gasteiger partial charge < -0.3 is 36.1 Å². The number of nitrogens with zero attached hydrogens (tertiary/aromatic N) is 1. The van der Waals surface area contributed by atoms with E-state index in [1.54, 1.807) is 0 Å². The van der Waals surface area contributed by atoms with E-state index in [0.29, 0.717) is 0 Å².